The lowest BCUT2D eigenvalue weighted by atomic mass is 10.2. The van der Waals surface area contributed by atoms with Crippen LogP contribution in [0.5, 0.6) is 0 Å². The van der Waals surface area contributed by atoms with Gasteiger partial charge < -0.3 is 15.7 Å². The Balaban J connectivity index is 2.27. The van der Waals surface area contributed by atoms with E-state index in [1.165, 1.54) is 6.20 Å². The van der Waals surface area contributed by atoms with Crippen LogP contribution >= 0.6 is 0 Å². The molecule has 1 aliphatic heterocycles. The third-order valence-corrected chi connectivity index (χ3v) is 3.22. The number of nitrogens with zero attached hydrogens (tertiary/aromatic N) is 3. The Morgan fingerprint density at radius 2 is 2.47 bits per heavy atom. The fourth-order valence-electron chi connectivity index (χ4n) is 2.30. The molecule has 94 valence electrons. The highest BCUT2D eigenvalue weighted by Gasteiger charge is 2.31. The van der Waals surface area contributed by atoms with Gasteiger partial charge in [-0.1, -0.05) is 0 Å². The van der Waals surface area contributed by atoms with Crippen LogP contribution in [0, 0.1) is 0 Å². The van der Waals surface area contributed by atoms with Crippen LogP contribution in [0.1, 0.15) is 30.3 Å². The number of rotatable bonds is 3. The van der Waals surface area contributed by atoms with Gasteiger partial charge in [0.25, 0.3) is 5.91 Å². The number of aliphatic hydroxyl groups excluding tert-OH is 1. The van der Waals surface area contributed by atoms with Gasteiger partial charge in [-0.25, -0.2) is 0 Å². The smallest absolute Gasteiger partial charge is 0.274 e. The first kappa shape index (κ1) is 11.9. The number of hydrogen-bond donors (Lipinski definition) is 2. The molecule has 0 aliphatic carbocycles. The minimum atomic E-state index is -0.126. The molecule has 17 heavy (non-hydrogen) atoms. The van der Waals surface area contributed by atoms with Crippen LogP contribution in [0.4, 0.5) is 5.69 Å². The van der Waals surface area contributed by atoms with Crippen LogP contribution < -0.4 is 5.73 Å². The average Bonchev–Trinajstić information content (AvgIpc) is 2.93. The van der Waals surface area contributed by atoms with E-state index < -0.39 is 0 Å². The molecule has 0 aromatic carbocycles. The lowest BCUT2D eigenvalue weighted by molar-refractivity contribution is 0.0666. The van der Waals surface area contributed by atoms with Gasteiger partial charge in [-0.2, -0.15) is 5.10 Å². The predicted molar refractivity (Wildman–Crippen MR) is 63.5 cm³/mol. The lowest BCUT2D eigenvalue weighted by Gasteiger charge is -2.23. The molecule has 1 aromatic rings. The molecule has 1 fully saturated rings. The van der Waals surface area contributed by atoms with Crippen molar-refractivity contribution in [3.8, 4) is 0 Å². The van der Waals surface area contributed by atoms with Crippen molar-refractivity contribution in [2.24, 2.45) is 0 Å². The molecule has 1 saturated heterocycles. The van der Waals surface area contributed by atoms with Crippen molar-refractivity contribution in [3.05, 3.63) is 11.9 Å². The highest BCUT2D eigenvalue weighted by atomic mass is 16.3. The molecule has 0 bridgehead atoms. The third kappa shape index (κ3) is 2.00. The van der Waals surface area contributed by atoms with Crippen molar-refractivity contribution in [1.82, 2.24) is 14.7 Å². The first-order valence-corrected chi connectivity index (χ1v) is 5.92. The molecule has 1 amide bonds. The van der Waals surface area contributed by atoms with Crippen LogP contribution in [0.2, 0.25) is 0 Å². The summed E-state index contributed by atoms with van der Waals surface area (Å²) in [6.45, 7) is 3.21. The second-order valence-electron chi connectivity index (χ2n) is 4.24. The van der Waals surface area contributed by atoms with E-state index >= 15 is 0 Å². The Labute approximate surface area is 100 Å². The van der Waals surface area contributed by atoms with E-state index in [-0.39, 0.29) is 18.6 Å². The maximum Gasteiger partial charge on any atom is 0.274 e. The van der Waals surface area contributed by atoms with Crippen LogP contribution in [-0.2, 0) is 6.54 Å². The summed E-state index contributed by atoms with van der Waals surface area (Å²) in [5.41, 5.74) is 6.62. The molecule has 6 heteroatoms. The number of aryl methyl sites for hydroxylation is 1. The number of aliphatic hydroxyl groups is 1. The summed E-state index contributed by atoms with van der Waals surface area (Å²) >= 11 is 0. The van der Waals surface area contributed by atoms with Crippen molar-refractivity contribution >= 4 is 11.6 Å². The van der Waals surface area contributed by atoms with Gasteiger partial charge in [0.05, 0.1) is 24.5 Å². The quantitative estimate of drug-likeness (QED) is 0.781. The number of amides is 1. The highest BCUT2D eigenvalue weighted by Crippen LogP contribution is 2.22. The summed E-state index contributed by atoms with van der Waals surface area (Å²) in [7, 11) is 0. The number of carbonyl (C=O) groups is 1. The van der Waals surface area contributed by atoms with E-state index in [1.54, 1.807) is 9.58 Å². The van der Waals surface area contributed by atoms with E-state index in [2.05, 4.69) is 5.10 Å². The Bertz CT molecular complexity index is 416. The van der Waals surface area contributed by atoms with Crippen molar-refractivity contribution < 1.29 is 9.90 Å². The molecule has 2 rings (SSSR count). The van der Waals surface area contributed by atoms with Crippen molar-refractivity contribution in [2.75, 3.05) is 18.9 Å². The van der Waals surface area contributed by atoms with Crippen molar-refractivity contribution in [2.45, 2.75) is 32.4 Å². The first-order valence-electron chi connectivity index (χ1n) is 5.92. The fourth-order valence-corrected chi connectivity index (χ4v) is 2.30. The minimum absolute atomic E-state index is 0.00586. The van der Waals surface area contributed by atoms with Crippen molar-refractivity contribution in [1.29, 1.82) is 0 Å². The van der Waals surface area contributed by atoms with Gasteiger partial charge in [-0.05, 0) is 19.8 Å². The number of hydrogen-bond acceptors (Lipinski definition) is 4. The molecule has 0 spiro atoms. The second-order valence-corrected chi connectivity index (χ2v) is 4.24. The monoisotopic (exact) mass is 238 g/mol. The van der Waals surface area contributed by atoms with Gasteiger partial charge >= 0.3 is 0 Å². The number of aromatic nitrogens is 2. The molecule has 3 N–H and O–H groups in total. The topological polar surface area (TPSA) is 84.4 Å². The number of carbonyl (C=O) groups excluding carboxylic acids is 1. The first-order chi connectivity index (χ1) is 8.19. The van der Waals surface area contributed by atoms with Crippen LogP contribution in [0.25, 0.3) is 0 Å². The molecule has 1 aliphatic rings. The third-order valence-electron chi connectivity index (χ3n) is 3.22. The zero-order valence-electron chi connectivity index (χ0n) is 9.96. The molecular weight excluding hydrogens is 220 g/mol. The zero-order valence-corrected chi connectivity index (χ0v) is 9.96. The number of nitrogens with two attached hydrogens (primary N) is 1. The van der Waals surface area contributed by atoms with E-state index in [4.69, 9.17) is 5.73 Å². The normalized spacial score (nSPS) is 19.9. The van der Waals surface area contributed by atoms with Crippen LogP contribution in [-0.4, -0.2) is 44.9 Å². The fraction of sp³-hybridized carbons (Fsp3) is 0.636. The Kier molecular flexibility index (Phi) is 3.33. The van der Waals surface area contributed by atoms with Gasteiger partial charge in [-0.3, -0.25) is 9.48 Å². The summed E-state index contributed by atoms with van der Waals surface area (Å²) in [4.78, 5) is 14.0. The Morgan fingerprint density at radius 3 is 3.12 bits per heavy atom. The van der Waals surface area contributed by atoms with Gasteiger partial charge in [0.1, 0.15) is 5.69 Å². The molecule has 1 aromatic heterocycles. The standard InChI is InChI=1S/C11H18N4O2/c1-2-15-10(9(12)6-13-15)11(17)14-5-3-4-8(14)7-16/h6,8,16H,2-5,7,12H2,1H3. The summed E-state index contributed by atoms with van der Waals surface area (Å²) in [6.07, 6.45) is 3.28. The Hall–Kier alpha value is -1.56. The lowest BCUT2D eigenvalue weighted by Crippen LogP contribution is -2.39. The van der Waals surface area contributed by atoms with E-state index in [1.807, 2.05) is 6.92 Å². The van der Waals surface area contributed by atoms with Gasteiger partial charge in [0.15, 0.2) is 0 Å². The van der Waals surface area contributed by atoms with Gasteiger partial charge in [-0.15, -0.1) is 0 Å². The summed E-state index contributed by atoms with van der Waals surface area (Å²) in [5, 5.41) is 13.3. The summed E-state index contributed by atoms with van der Waals surface area (Å²) in [6, 6.07) is -0.0814. The summed E-state index contributed by atoms with van der Waals surface area (Å²) < 4.78 is 1.60. The van der Waals surface area contributed by atoms with Crippen LogP contribution in [0.15, 0.2) is 6.20 Å². The molecule has 0 radical (unpaired) electrons. The summed E-state index contributed by atoms with van der Waals surface area (Å²) in [5.74, 6) is -0.126. The van der Waals surface area contributed by atoms with E-state index in [0.29, 0.717) is 24.5 Å². The highest BCUT2D eigenvalue weighted by molar-refractivity contribution is 5.97. The largest absolute Gasteiger partial charge is 0.396 e. The predicted octanol–water partition coefficient (Wildman–Crippen LogP) is 0.0821. The second kappa shape index (κ2) is 4.75. The number of nitrogen functional groups attached to an aromatic ring is 1. The maximum absolute atomic E-state index is 12.4. The van der Waals surface area contributed by atoms with Crippen LogP contribution in [0.3, 0.4) is 0 Å². The van der Waals surface area contributed by atoms with E-state index in [9.17, 15) is 9.90 Å². The van der Waals surface area contributed by atoms with Gasteiger partial charge in [0, 0.05) is 13.1 Å². The van der Waals surface area contributed by atoms with Gasteiger partial charge in [0.2, 0.25) is 0 Å². The number of anilines is 1. The number of likely N-dealkylation sites (tertiary alicyclic amines) is 1. The molecule has 1 atom stereocenters. The molecule has 6 nitrogen and oxygen atoms in total. The Morgan fingerprint density at radius 1 is 1.71 bits per heavy atom. The molecule has 1 unspecified atom stereocenters. The van der Waals surface area contributed by atoms with Crippen molar-refractivity contribution in [3.63, 3.8) is 0 Å². The maximum atomic E-state index is 12.4. The molecule has 2 heterocycles. The average molecular weight is 238 g/mol. The SMILES string of the molecule is CCn1ncc(N)c1C(=O)N1CCCC1CO. The zero-order chi connectivity index (χ0) is 12.4. The minimum Gasteiger partial charge on any atom is -0.396 e. The van der Waals surface area contributed by atoms with E-state index in [0.717, 1.165) is 12.8 Å². The molecule has 0 saturated carbocycles. The molecular formula is C11H18N4O2.